The molecular weight excluding hydrogens is 347 g/mol. The van der Waals surface area contributed by atoms with Crippen LogP contribution in [0.3, 0.4) is 0 Å². The minimum atomic E-state index is -0.362. The van der Waals surface area contributed by atoms with Crippen LogP contribution in [-0.2, 0) is 11.2 Å². The molecule has 6 heteroatoms. The van der Waals surface area contributed by atoms with Gasteiger partial charge in [0.2, 0.25) is 5.91 Å². The number of methoxy groups -OCH3 is 1. The minimum absolute atomic E-state index is 0.0969. The van der Waals surface area contributed by atoms with E-state index in [2.05, 4.69) is 0 Å². The van der Waals surface area contributed by atoms with Gasteiger partial charge in [-0.25, -0.2) is 4.39 Å². The molecule has 1 aliphatic rings. The Bertz CT molecular complexity index is 782. The van der Waals surface area contributed by atoms with Crippen LogP contribution in [0.4, 0.5) is 4.39 Å². The van der Waals surface area contributed by atoms with E-state index in [1.165, 1.54) is 24.3 Å². The highest BCUT2D eigenvalue weighted by molar-refractivity contribution is 5.94. The second-order valence-electron chi connectivity index (χ2n) is 6.53. The van der Waals surface area contributed by atoms with Crippen molar-refractivity contribution in [3.05, 3.63) is 65.5 Å². The second kappa shape index (κ2) is 8.66. The average molecular weight is 370 g/mol. The fourth-order valence-corrected chi connectivity index (χ4v) is 3.14. The number of benzene rings is 2. The standard InChI is InChI=1S/C21H23FN2O3/c1-27-19-9-2-16(3-10-19)4-11-20(25)23-12-14-24(15-13-23)21(26)17-5-7-18(22)8-6-17/h2-3,5-10H,4,11-15H2,1H3. The quantitative estimate of drug-likeness (QED) is 0.813. The molecule has 0 radical (unpaired) electrons. The highest BCUT2D eigenvalue weighted by atomic mass is 19.1. The molecule has 0 aliphatic carbocycles. The molecule has 0 spiro atoms. The summed E-state index contributed by atoms with van der Waals surface area (Å²) < 4.78 is 18.1. The summed E-state index contributed by atoms with van der Waals surface area (Å²) in [6.07, 6.45) is 1.12. The Hall–Kier alpha value is -2.89. The molecule has 0 bridgehead atoms. The van der Waals surface area contributed by atoms with E-state index in [0.717, 1.165) is 11.3 Å². The molecule has 0 N–H and O–H groups in total. The van der Waals surface area contributed by atoms with Gasteiger partial charge in [-0.2, -0.15) is 0 Å². The van der Waals surface area contributed by atoms with Crippen molar-refractivity contribution >= 4 is 11.8 Å². The summed E-state index contributed by atoms with van der Waals surface area (Å²) in [6.45, 7) is 2.03. The number of carbonyl (C=O) groups excluding carboxylic acids is 2. The molecule has 142 valence electrons. The maximum absolute atomic E-state index is 13.0. The van der Waals surface area contributed by atoms with Crippen molar-refractivity contribution in [1.82, 2.24) is 9.80 Å². The zero-order valence-electron chi connectivity index (χ0n) is 15.4. The Morgan fingerprint density at radius 3 is 2.11 bits per heavy atom. The second-order valence-corrected chi connectivity index (χ2v) is 6.53. The predicted octanol–water partition coefficient (Wildman–Crippen LogP) is 2.75. The lowest BCUT2D eigenvalue weighted by molar-refractivity contribution is -0.132. The van der Waals surface area contributed by atoms with E-state index in [0.29, 0.717) is 44.6 Å². The van der Waals surface area contributed by atoms with Crippen LogP contribution in [0.2, 0.25) is 0 Å². The van der Waals surface area contributed by atoms with Crippen molar-refractivity contribution < 1.29 is 18.7 Å². The van der Waals surface area contributed by atoms with Crippen molar-refractivity contribution in [2.24, 2.45) is 0 Å². The minimum Gasteiger partial charge on any atom is -0.497 e. The van der Waals surface area contributed by atoms with Crippen LogP contribution in [0, 0.1) is 5.82 Å². The Balaban J connectivity index is 1.47. The highest BCUT2D eigenvalue weighted by Crippen LogP contribution is 2.14. The Morgan fingerprint density at radius 1 is 0.926 bits per heavy atom. The first-order chi connectivity index (χ1) is 13.1. The van der Waals surface area contributed by atoms with Gasteiger partial charge in [0, 0.05) is 38.2 Å². The fraction of sp³-hybridized carbons (Fsp3) is 0.333. The normalized spacial score (nSPS) is 14.1. The van der Waals surface area contributed by atoms with E-state index in [9.17, 15) is 14.0 Å². The maximum Gasteiger partial charge on any atom is 0.253 e. The maximum atomic E-state index is 13.0. The SMILES string of the molecule is COc1ccc(CCC(=O)N2CCN(C(=O)c3ccc(F)cc3)CC2)cc1. The van der Waals surface area contributed by atoms with Gasteiger partial charge in [0.15, 0.2) is 0 Å². The summed E-state index contributed by atoms with van der Waals surface area (Å²) in [5, 5.41) is 0. The van der Waals surface area contributed by atoms with Crippen molar-refractivity contribution in [1.29, 1.82) is 0 Å². The molecule has 2 aromatic carbocycles. The number of aryl methyl sites for hydroxylation is 1. The molecule has 2 aromatic rings. The third-order valence-electron chi connectivity index (χ3n) is 4.80. The number of hydrogen-bond acceptors (Lipinski definition) is 3. The third-order valence-corrected chi connectivity index (χ3v) is 4.80. The van der Waals surface area contributed by atoms with Gasteiger partial charge >= 0.3 is 0 Å². The number of ether oxygens (including phenoxy) is 1. The molecule has 0 aromatic heterocycles. The first kappa shape index (κ1) is 18.9. The topological polar surface area (TPSA) is 49.9 Å². The lowest BCUT2D eigenvalue weighted by Gasteiger charge is -2.35. The van der Waals surface area contributed by atoms with Gasteiger partial charge < -0.3 is 14.5 Å². The molecule has 5 nitrogen and oxygen atoms in total. The molecule has 1 heterocycles. The summed E-state index contributed by atoms with van der Waals surface area (Å²) in [5.74, 6) is 0.408. The van der Waals surface area contributed by atoms with E-state index in [1.807, 2.05) is 24.3 Å². The van der Waals surface area contributed by atoms with Gasteiger partial charge in [-0.05, 0) is 48.4 Å². The van der Waals surface area contributed by atoms with E-state index >= 15 is 0 Å². The highest BCUT2D eigenvalue weighted by Gasteiger charge is 2.24. The molecule has 0 saturated carbocycles. The van der Waals surface area contributed by atoms with Gasteiger partial charge in [-0.1, -0.05) is 12.1 Å². The van der Waals surface area contributed by atoms with Crippen LogP contribution >= 0.6 is 0 Å². The lowest BCUT2D eigenvalue weighted by Crippen LogP contribution is -2.50. The number of nitrogens with zero attached hydrogens (tertiary/aromatic N) is 2. The number of hydrogen-bond donors (Lipinski definition) is 0. The van der Waals surface area contributed by atoms with Gasteiger partial charge in [-0.15, -0.1) is 0 Å². The number of rotatable bonds is 5. The molecular formula is C21H23FN2O3. The third kappa shape index (κ3) is 4.84. The Labute approximate surface area is 158 Å². The molecule has 2 amide bonds. The van der Waals surface area contributed by atoms with Gasteiger partial charge in [0.1, 0.15) is 11.6 Å². The van der Waals surface area contributed by atoms with Crippen molar-refractivity contribution in [2.45, 2.75) is 12.8 Å². The van der Waals surface area contributed by atoms with Crippen LogP contribution in [0.1, 0.15) is 22.3 Å². The summed E-state index contributed by atoms with van der Waals surface area (Å²) in [7, 11) is 1.62. The van der Waals surface area contributed by atoms with Gasteiger partial charge in [0.25, 0.3) is 5.91 Å². The van der Waals surface area contributed by atoms with Gasteiger partial charge in [0.05, 0.1) is 7.11 Å². The Kier molecular flexibility index (Phi) is 6.06. The van der Waals surface area contributed by atoms with Crippen LogP contribution < -0.4 is 4.74 Å². The zero-order valence-corrected chi connectivity index (χ0v) is 15.4. The first-order valence-electron chi connectivity index (χ1n) is 9.02. The number of carbonyl (C=O) groups is 2. The lowest BCUT2D eigenvalue weighted by atomic mass is 10.1. The van der Waals surface area contributed by atoms with E-state index in [1.54, 1.807) is 16.9 Å². The Morgan fingerprint density at radius 2 is 1.52 bits per heavy atom. The van der Waals surface area contributed by atoms with Gasteiger partial charge in [-0.3, -0.25) is 9.59 Å². The summed E-state index contributed by atoms with van der Waals surface area (Å²) in [4.78, 5) is 28.4. The van der Waals surface area contributed by atoms with Crippen molar-refractivity contribution in [3.63, 3.8) is 0 Å². The van der Waals surface area contributed by atoms with E-state index in [4.69, 9.17) is 4.74 Å². The molecule has 27 heavy (non-hydrogen) atoms. The monoisotopic (exact) mass is 370 g/mol. The molecule has 3 rings (SSSR count). The van der Waals surface area contributed by atoms with Crippen LogP contribution in [-0.4, -0.2) is 54.9 Å². The van der Waals surface area contributed by atoms with E-state index < -0.39 is 0 Å². The van der Waals surface area contributed by atoms with Crippen molar-refractivity contribution in [3.8, 4) is 5.75 Å². The van der Waals surface area contributed by atoms with Crippen LogP contribution in [0.15, 0.2) is 48.5 Å². The first-order valence-corrected chi connectivity index (χ1v) is 9.02. The fourth-order valence-electron chi connectivity index (χ4n) is 3.14. The largest absolute Gasteiger partial charge is 0.497 e. The average Bonchev–Trinajstić information content (AvgIpc) is 2.72. The predicted molar refractivity (Wildman–Crippen MR) is 100 cm³/mol. The number of piperazine rings is 1. The molecule has 0 unspecified atom stereocenters. The van der Waals surface area contributed by atoms with Crippen LogP contribution in [0.25, 0.3) is 0 Å². The number of halogens is 1. The molecule has 1 aliphatic heterocycles. The molecule has 1 saturated heterocycles. The molecule has 0 atom stereocenters. The number of amides is 2. The van der Waals surface area contributed by atoms with E-state index in [-0.39, 0.29) is 17.6 Å². The smallest absolute Gasteiger partial charge is 0.253 e. The summed E-state index contributed by atoms with van der Waals surface area (Å²) >= 11 is 0. The zero-order chi connectivity index (χ0) is 19.2. The van der Waals surface area contributed by atoms with Crippen molar-refractivity contribution in [2.75, 3.05) is 33.3 Å². The molecule has 1 fully saturated rings. The van der Waals surface area contributed by atoms with Crippen LogP contribution in [0.5, 0.6) is 5.75 Å². The summed E-state index contributed by atoms with van der Waals surface area (Å²) in [5.41, 5.74) is 1.56. The summed E-state index contributed by atoms with van der Waals surface area (Å²) in [6, 6.07) is 13.3.